The van der Waals surface area contributed by atoms with Crippen molar-refractivity contribution in [3.63, 3.8) is 0 Å². The van der Waals surface area contributed by atoms with Crippen molar-refractivity contribution in [3.05, 3.63) is 0 Å². The average Bonchev–Trinajstić information content (AvgIpc) is 2.27. The van der Waals surface area contributed by atoms with Crippen LogP contribution in [0.4, 0.5) is 0 Å². The molecule has 1 unspecified atom stereocenters. The van der Waals surface area contributed by atoms with Crippen LogP contribution in [0.15, 0.2) is 0 Å². The predicted molar refractivity (Wildman–Crippen MR) is 70.8 cm³/mol. The highest BCUT2D eigenvalue weighted by atomic mass is 15.2. The lowest BCUT2D eigenvalue weighted by Gasteiger charge is -2.36. The maximum absolute atomic E-state index is 3.62. The van der Waals surface area contributed by atoms with Gasteiger partial charge in [0.25, 0.3) is 0 Å². The minimum atomic E-state index is 0.376. The van der Waals surface area contributed by atoms with Crippen molar-refractivity contribution in [2.45, 2.75) is 40.2 Å². The molecule has 1 atom stereocenters. The van der Waals surface area contributed by atoms with Crippen LogP contribution in [-0.4, -0.2) is 50.2 Å². The van der Waals surface area contributed by atoms with E-state index in [2.05, 4.69) is 43.2 Å². The molecule has 1 rings (SSSR count). The quantitative estimate of drug-likeness (QED) is 0.716. The van der Waals surface area contributed by atoms with E-state index in [-0.39, 0.29) is 0 Å². The molecule has 1 aliphatic heterocycles. The summed E-state index contributed by atoms with van der Waals surface area (Å²) in [5.74, 6) is 0. The number of rotatable bonds is 6. The van der Waals surface area contributed by atoms with Crippen LogP contribution in [0.5, 0.6) is 0 Å². The van der Waals surface area contributed by atoms with Crippen LogP contribution in [0, 0.1) is 5.41 Å². The highest BCUT2D eigenvalue weighted by Gasteiger charge is 2.22. The molecule has 0 spiro atoms. The molecular weight excluding hydrogens is 198 g/mol. The van der Waals surface area contributed by atoms with E-state index in [0.717, 1.165) is 19.6 Å². The van der Waals surface area contributed by atoms with E-state index in [4.69, 9.17) is 0 Å². The molecule has 0 aliphatic carbocycles. The molecule has 0 aromatic carbocycles. The normalized spacial score (nSPS) is 21.0. The molecule has 0 aromatic rings. The van der Waals surface area contributed by atoms with Gasteiger partial charge >= 0.3 is 0 Å². The Morgan fingerprint density at radius 2 is 1.94 bits per heavy atom. The Labute approximate surface area is 101 Å². The average molecular weight is 227 g/mol. The Kier molecular flexibility index (Phi) is 5.73. The molecule has 1 fully saturated rings. The van der Waals surface area contributed by atoms with Gasteiger partial charge in [0.05, 0.1) is 0 Å². The van der Waals surface area contributed by atoms with Crippen molar-refractivity contribution in [2.24, 2.45) is 5.41 Å². The molecule has 3 nitrogen and oxygen atoms in total. The monoisotopic (exact) mass is 227 g/mol. The van der Waals surface area contributed by atoms with E-state index in [9.17, 15) is 0 Å². The fourth-order valence-corrected chi connectivity index (χ4v) is 2.13. The molecule has 1 aliphatic rings. The molecule has 0 bridgehead atoms. The summed E-state index contributed by atoms with van der Waals surface area (Å²) < 4.78 is 0. The van der Waals surface area contributed by atoms with E-state index >= 15 is 0 Å². The van der Waals surface area contributed by atoms with Gasteiger partial charge in [-0.3, -0.25) is 0 Å². The van der Waals surface area contributed by atoms with Gasteiger partial charge in [-0.2, -0.15) is 0 Å². The van der Waals surface area contributed by atoms with Gasteiger partial charge in [0.15, 0.2) is 0 Å². The van der Waals surface area contributed by atoms with Gasteiger partial charge in [-0.1, -0.05) is 20.8 Å². The van der Waals surface area contributed by atoms with Crippen LogP contribution >= 0.6 is 0 Å². The Morgan fingerprint density at radius 3 is 2.50 bits per heavy atom. The summed E-state index contributed by atoms with van der Waals surface area (Å²) in [6.45, 7) is 16.3. The van der Waals surface area contributed by atoms with Crippen LogP contribution in [0.3, 0.4) is 0 Å². The van der Waals surface area contributed by atoms with Gasteiger partial charge in [-0.25, -0.2) is 0 Å². The maximum Gasteiger partial charge on any atom is 0.0108 e. The molecule has 16 heavy (non-hydrogen) atoms. The third-order valence-electron chi connectivity index (χ3n) is 3.40. The molecule has 0 amide bonds. The molecule has 0 radical (unpaired) electrons. The Balaban J connectivity index is 2.26. The third-order valence-corrected chi connectivity index (χ3v) is 3.40. The van der Waals surface area contributed by atoms with E-state index in [0.29, 0.717) is 11.5 Å². The minimum Gasteiger partial charge on any atom is -0.314 e. The molecular formula is C13H29N3. The summed E-state index contributed by atoms with van der Waals surface area (Å²) in [7, 11) is 0. The summed E-state index contributed by atoms with van der Waals surface area (Å²) in [4.78, 5) is 2.58. The van der Waals surface area contributed by atoms with Crippen molar-refractivity contribution >= 4 is 0 Å². The molecule has 96 valence electrons. The van der Waals surface area contributed by atoms with Gasteiger partial charge in [0.1, 0.15) is 0 Å². The van der Waals surface area contributed by atoms with Crippen molar-refractivity contribution in [1.29, 1.82) is 0 Å². The molecule has 1 heterocycles. The molecule has 0 aromatic heterocycles. The SMILES string of the molecule is CCC(C)NCC(C)(C)CN1CCNCC1. The van der Waals surface area contributed by atoms with Gasteiger partial charge < -0.3 is 15.5 Å². The first-order valence-corrected chi connectivity index (χ1v) is 6.70. The van der Waals surface area contributed by atoms with E-state index in [1.807, 2.05) is 0 Å². The lowest BCUT2D eigenvalue weighted by Crippen LogP contribution is -2.49. The number of hydrogen-bond donors (Lipinski definition) is 2. The Bertz CT molecular complexity index is 186. The van der Waals surface area contributed by atoms with Crippen molar-refractivity contribution in [1.82, 2.24) is 15.5 Å². The van der Waals surface area contributed by atoms with Crippen molar-refractivity contribution < 1.29 is 0 Å². The Hall–Kier alpha value is -0.120. The fraction of sp³-hybridized carbons (Fsp3) is 1.00. The van der Waals surface area contributed by atoms with Crippen LogP contribution in [0.1, 0.15) is 34.1 Å². The third kappa shape index (κ3) is 5.28. The second-order valence-corrected chi connectivity index (χ2v) is 5.88. The zero-order valence-electron chi connectivity index (χ0n) is 11.5. The molecule has 1 saturated heterocycles. The Morgan fingerprint density at radius 1 is 1.31 bits per heavy atom. The van der Waals surface area contributed by atoms with Crippen molar-refractivity contribution in [3.8, 4) is 0 Å². The summed E-state index contributed by atoms with van der Waals surface area (Å²) in [6, 6.07) is 0.641. The zero-order valence-corrected chi connectivity index (χ0v) is 11.5. The number of hydrogen-bond acceptors (Lipinski definition) is 3. The maximum atomic E-state index is 3.62. The first kappa shape index (κ1) is 13.9. The number of nitrogens with zero attached hydrogens (tertiary/aromatic N) is 1. The highest BCUT2D eigenvalue weighted by molar-refractivity contribution is 4.79. The summed E-state index contributed by atoms with van der Waals surface area (Å²) >= 11 is 0. The van der Waals surface area contributed by atoms with Gasteiger partial charge in [-0.05, 0) is 18.8 Å². The van der Waals surface area contributed by atoms with Gasteiger partial charge in [0.2, 0.25) is 0 Å². The number of piperazine rings is 1. The van der Waals surface area contributed by atoms with Gasteiger partial charge in [-0.15, -0.1) is 0 Å². The first-order valence-electron chi connectivity index (χ1n) is 6.70. The largest absolute Gasteiger partial charge is 0.314 e. The lowest BCUT2D eigenvalue weighted by molar-refractivity contribution is 0.155. The van der Waals surface area contributed by atoms with Crippen LogP contribution in [0.25, 0.3) is 0 Å². The van der Waals surface area contributed by atoms with Crippen LogP contribution < -0.4 is 10.6 Å². The van der Waals surface area contributed by atoms with E-state index in [1.54, 1.807) is 0 Å². The first-order chi connectivity index (χ1) is 7.53. The minimum absolute atomic E-state index is 0.376. The van der Waals surface area contributed by atoms with Crippen molar-refractivity contribution in [2.75, 3.05) is 39.3 Å². The molecule has 3 heteroatoms. The topological polar surface area (TPSA) is 27.3 Å². The predicted octanol–water partition coefficient (Wildman–Crippen LogP) is 1.31. The highest BCUT2D eigenvalue weighted by Crippen LogP contribution is 2.16. The summed E-state index contributed by atoms with van der Waals surface area (Å²) in [5.41, 5.74) is 0.376. The van der Waals surface area contributed by atoms with E-state index < -0.39 is 0 Å². The number of nitrogens with one attached hydrogen (secondary N) is 2. The summed E-state index contributed by atoms with van der Waals surface area (Å²) in [5, 5.41) is 7.02. The van der Waals surface area contributed by atoms with Crippen LogP contribution in [0.2, 0.25) is 0 Å². The van der Waals surface area contributed by atoms with Gasteiger partial charge in [0, 0.05) is 45.3 Å². The molecule has 2 N–H and O–H groups in total. The van der Waals surface area contributed by atoms with E-state index in [1.165, 1.54) is 26.1 Å². The van der Waals surface area contributed by atoms with Crippen LogP contribution in [-0.2, 0) is 0 Å². The fourth-order valence-electron chi connectivity index (χ4n) is 2.13. The standard InChI is InChI=1S/C13H29N3/c1-5-12(2)15-10-13(3,4)11-16-8-6-14-7-9-16/h12,14-15H,5-11H2,1-4H3. The molecule has 0 saturated carbocycles. The second-order valence-electron chi connectivity index (χ2n) is 5.88. The summed E-state index contributed by atoms with van der Waals surface area (Å²) in [6.07, 6.45) is 1.21. The second kappa shape index (κ2) is 6.58. The lowest BCUT2D eigenvalue weighted by atomic mass is 9.92. The zero-order chi connectivity index (χ0) is 12.0. The smallest absolute Gasteiger partial charge is 0.0108 e.